The van der Waals surface area contributed by atoms with Crippen LogP contribution in [0.25, 0.3) is 0 Å². The number of rotatable bonds is 4. The Morgan fingerprint density at radius 1 is 1.47 bits per heavy atom. The normalized spacial score (nSPS) is 11.2. The summed E-state index contributed by atoms with van der Waals surface area (Å²) in [6.07, 6.45) is 1.38. The Bertz CT molecular complexity index is 709. The molecule has 19 heavy (non-hydrogen) atoms. The van der Waals surface area contributed by atoms with Crippen LogP contribution in [0.5, 0.6) is 0 Å². The molecule has 2 aromatic rings. The van der Waals surface area contributed by atoms with Crippen molar-refractivity contribution in [2.45, 2.75) is 11.8 Å². The first-order valence-corrected chi connectivity index (χ1v) is 6.49. The molecule has 0 fully saturated rings. The number of H-pyrrole nitrogens is 1. The van der Waals surface area contributed by atoms with Gasteiger partial charge in [-0.15, -0.1) is 5.10 Å². The van der Waals surface area contributed by atoms with Crippen LogP contribution in [0.2, 0.25) is 0 Å². The number of sulfonamides is 1. The van der Waals surface area contributed by atoms with Crippen LogP contribution in [0.1, 0.15) is 16.2 Å². The zero-order valence-corrected chi connectivity index (χ0v) is 10.5. The van der Waals surface area contributed by atoms with Gasteiger partial charge in [0.15, 0.2) is 11.5 Å². The molecule has 0 amide bonds. The van der Waals surface area contributed by atoms with Gasteiger partial charge in [-0.2, -0.15) is 10.2 Å². The van der Waals surface area contributed by atoms with Crippen LogP contribution in [0.15, 0.2) is 23.2 Å². The number of aromatic nitrogens is 4. The lowest BCUT2D eigenvalue weighted by Crippen LogP contribution is -2.17. The Balaban J connectivity index is 2.46. The average Bonchev–Trinajstić information content (AvgIpc) is 2.73. The van der Waals surface area contributed by atoms with E-state index in [4.69, 9.17) is 5.11 Å². The molecule has 0 saturated heterocycles. The van der Waals surface area contributed by atoms with E-state index in [1.54, 1.807) is 0 Å². The number of nitrogens with one attached hydrogen (secondary N) is 2. The average molecular weight is 283 g/mol. The van der Waals surface area contributed by atoms with E-state index in [0.717, 1.165) is 0 Å². The summed E-state index contributed by atoms with van der Waals surface area (Å²) in [5, 5.41) is 21.7. The Labute approximate surface area is 107 Å². The number of anilines is 1. The van der Waals surface area contributed by atoms with Gasteiger partial charge in [0.1, 0.15) is 4.90 Å². The summed E-state index contributed by atoms with van der Waals surface area (Å²) < 4.78 is 26.3. The molecule has 0 radical (unpaired) electrons. The highest BCUT2D eigenvalue weighted by atomic mass is 32.2. The fraction of sp³-hybridized carbons (Fsp3) is 0.111. The Morgan fingerprint density at radius 2 is 2.21 bits per heavy atom. The summed E-state index contributed by atoms with van der Waals surface area (Å²) in [4.78, 5) is 10.5. The Morgan fingerprint density at radius 3 is 2.79 bits per heavy atom. The van der Waals surface area contributed by atoms with Crippen LogP contribution in [0.4, 0.5) is 5.82 Å². The molecule has 0 bridgehead atoms. The van der Waals surface area contributed by atoms with E-state index < -0.39 is 26.6 Å². The lowest BCUT2D eigenvalue weighted by atomic mass is 10.4. The Kier molecular flexibility index (Phi) is 3.17. The van der Waals surface area contributed by atoms with Gasteiger partial charge in [0.2, 0.25) is 0 Å². The molecule has 3 N–H and O–H groups in total. The number of carboxylic acid groups (broad SMARTS) is 1. The quantitative estimate of drug-likeness (QED) is 0.718. The number of hydrogen-bond donors (Lipinski definition) is 3. The SMILES string of the molecule is Cc1[nH]nc(C(=O)O)c1S(=O)(=O)Nc1cccnn1. The van der Waals surface area contributed by atoms with Crippen molar-refractivity contribution in [3.8, 4) is 0 Å². The maximum absolute atomic E-state index is 12.1. The number of aromatic amines is 1. The van der Waals surface area contributed by atoms with Crippen LogP contribution in [-0.2, 0) is 10.0 Å². The molecule has 0 aliphatic carbocycles. The molecule has 2 heterocycles. The maximum atomic E-state index is 12.1. The third-order valence-electron chi connectivity index (χ3n) is 2.17. The molecule has 2 rings (SSSR count). The van der Waals surface area contributed by atoms with Gasteiger partial charge in [-0.05, 0) is 19.1 Å². The van der Waals surface area contributed by atoms with Gasteiger partial charge in [0.05, 0.1) is 5.69 Å². The summed E-state index contributed by atoms with van der Waals surface area (Å²) in [6, 6.07) is 2.88. The highest BCUT2D eigenvalue weighted by Gasteiger charge is 2.28. The molecule has 0 aliphatic rings. The van der Waals surface area contributed by atoms with Crippen molar-refractivity contribution in [2.75, 3.05) is 4.72 Å². The van der Waals surface area contributed by atoms with Gasteiger partial charge in [0.25, 0.3) is 10.0 Å². The first kappa shape index (κ1) is 13.0. The fourth-order valence-electron chi connectivity index (χ4n) is 1.44. The number of aromatic carboxylic acids is 1. The number of carbonyl (C=O) groups is 1. The molecule has 0 aliphatic heterocycles. The van der Waals surface area contributed by atoms with E-state index >= 15 is 0 Å². The monoisotopic (exact) mass is 283 g/mol. The zero-order valence-electron chi connectivity index (χ0n) is 9.65. The number of carboxylic acids is 1. The van der Waals surface area contributed by atoms with E-state index in [2.05, 4.69) is 25.1 Å². The van der Waals surface area contributed by atoms with E-state index in [1.807, 2.05) is 0 Å². The van der Waals surface area contributed by atoms with Gasteiger partial charge in [0, 0.05) is 6.20 Å². The topological polar surface area (TPSA) is 138 Å². The van der Waals surface area contributed by atoms with Gasteiger partial charge < -0.3 is 5.11 Å². The largest absolute Gasteiger partial charge is 0.476 e. The zero-order chi connectivity index (χ0) is 14.0. The second kappa shape index (κ2) is 4.65. The third-order valence-corrected chi connectivity index (χ3v) is 3.69. The first-order valence-electron chi connectivity index (χ1n) is 5.00. The second-order valence-electron chi connectivity index (χ2n) is 3.55. The lowest BCUT2D eigenvalue weighted by molar-refractivity contribution is 0.0686. The third kappa shape index (κ3) is 2.52. The molecular weight excluding hydrogens is 274 g/mol. The molecule has 2 aromatic heterocycles. The molecule has 0 atom stereocenters. The molecule has 9 nitrogen and oxygen atoms in total. The van der Waals surface area contributed by atoms with E-state index in [1.165, 1.54) is 25.3 Å². The van der Waals surface area contributed by atoms with Crippen LogP contribution < -0.4 is 4.72 Å². The van der Waals surface area contributed by atoms with Crippen molar-refractivity contribution >= 4 is 21.8 Å². The standard InChI is InChI=1S/C9H9N5O4S/c1-5-8(7(9(15)16)13-11-5)19(17,18)14-6-3-2-4-10-12-6/h2-4H,1H3,(H,11,13)(H,12,14)(H,15,16). The Hall–Kier alpha value is -2.49. The van der Waals surface area contributed by atoms with Gasteiger partial charge in [-0.25, -0.2) is 13.2 Å². The molecule has 0 unspecified atom stereocenters. The van der Waals surface area contributed by atoms with Crippen molar-refractivity contribution in [3.05, 3.63) is 29.7 Å². The lowest BCUT2D eigenvalue weighted by Gasteiger charge is -2.06. The molecule has 100 valence electrons. The summed E-state index contributed by atoms with van der Waals surface area (Å²) in [6.45, 7) is 1.41. The van der Waals surface area contributed by atoms with Crippen molar-refractivity contribution in [3.63, 3.8) is 0 Å². The van der Waals surface area contributed by atoms with Crippen LogP contribution >= 0.6 is 0 Å². The molecule has 0 saturated carbocycles. The fourth-order valence-corrected chi connectivity index (χ4v) is 2.76. The molecule has 0 aromatic carbocycles. The number of nitrogens with zero attached hydrogens (tertiary/aromatic N) is 3. The van der Waals surface area contributed by atoms with Crippen molar-refractivity contribution < 1.29 is 18.3 Å². The minimum Gasteiger partial charge on any atom is -0.476 e. The predicted molar refractivity (Wildman–Crippen MR) is 63.1 cm³/mol. The van der Waals surface area contributed by atoms with Gasteiger partial charge in [-0.3, -0.25) is 9.82 Å². The summed E-state index contributed by atoms with van der Waals surface area (Å²) in [7, 11) is -4.10. The minimum atomic E-state index is -4.10. The first-order chi connectivity index (χ1) is 8.92. The summed E-state index contributed by atoms with van der Waals surface area (Å²) in [5.41, 5.74) is -0.456. The molecule has 10 heteroatoms. The van der Waals surface area contributed by atoms with Crippen LogP contribution in [0.3, 0.4) is 0 Å². The maximum Gasteiger partial charge on any atom is 0.357 e. The predicted octanol–water partition coefficient (Wildman–Crippen LogP) is 0.00712. The van der Waals surface area contributed by atoms with Crippen molar-refractivity contribution in [1.29, 1.82) is 0 Å². The molecule has 0 spiro atoms. The smallest absolute Gasteiger partial charge is 0.357 e. The summed E-state index contributed by atoms with van der Waals surface area (Å²) in [5.74, 6) is -1.46. The van der Waals surface area contributed by atoms with Crippen molar-refractivity contribution in [2.24, 2.45) is 0 Å². The van der Waals surface area contributed by atoms with Crippen LogP contribution in [0, 0.1) is 6.92 Å². The van der Waals surface area contributed by atoms with Crippen LogP contribution in [-0.4, -0.2) is 39.9 Å². The van der Waals surface area contributed by atoms with Crippen molar-refractivity contribution in [1.82, 2.24) is 20.4 Å². The van der Waals surface area contributed by atoms with E-state index in [9.17, 15) is 13.2 Å². The van der Waals surface area contributed by atoms with Gasteiger partial charge in [-0.1, -0.05) is 0 Å². The highest BCUT2D eigenvalue weighted by Crippen LogP contribution is 2.20. The van der Waals surface area contributed by atoms with Gasteiger partial charge >= 0.3 is 5.97 Å². The minimum absolute atomic E-state index is 0.0144. The summed E-state index contributed by atoms with van der Waals surface area (Å²) >= 11 is 0. The number of hydrogen-bond acceptors (Lipinski definition) is 6. The number of aryl methyl sites for hydroxylation is 1. The molecular formula is C9H9N5O4S. The second-order valence-corrected chi connectivity index (χ2v) is 5.17. The van der Waals surface area contributed by atoms with E-state index in [0.29, 0.717) is 0 Å². The van der Waals surface area contributed by atoms with E-state index in [-0.39, 0.29) is 11.5 Å². The highest BCUT2D eigenvalue weighted by molar-refractivity contribution is 7.92.